The van der Waals surface area contributed by atoms with Crippen LogP contribution in [0, 0.1) is 11.7 Å². The Morgan fingerprint density at radius 2 is 2.00 bits per heavy atom. The highest BCUT2D eigenvalue weighted by Gasteiger charge is 2.22. The molecule has 0 amide bonds. The minimum absolute atomic E-state index is 0.305. The lowest BCUT2D eigenvalue weighted by Crippen LogP contribution is -2.17. The van der Waals surface area contributed by atoms with Gasteiger partial charge in [0.15, 0.2) is 0 Å². The van der Waals surface area contributed by atoms with Crippen molar-refractivity contribution < 1.29 is 13.5 Å². The second kappa shape index (κ2) is 6.80. The molecule has 1 aliphatic carbocycles. The largest absolute Gasteiger partial charge is 0.384 e. The molecular weight excluding hydrogens is 246 g/mol. The molecule has 1 aromatic carbocycles. The van der Waals surface area contributed by atoms with Crippen LogP contribution in [-0.2, 0) is 4.74 Å². The van der Waals surface area contributed by atoms with Crippen LogP contribution in [0.3, 0.4) is 0 Å². The number of methoxy groups -OCH3 is 1. The lowest BCUT2D eigenvalue weighted by molar-refractivity contribution is 0.127. The fourth-order valence-electron chi connectivity index (χ4n) is 2.90. The Hall–Kier alpha value is -1.22. The van der Waals surface area contributed by atoms with E-state index in [1.165, 1.54) is 0 Å². The van der Waals surface area contributed by atoms with E-state index in [0.29, 0.717) is 23.7 Å². The SMILES string of the molecule is COCC1CCC(c2ccc(C=CF)c(F)c2)CC1. The van der Waals surface area contributed by atoms with Gasteiger partial charge in [0.1, 0.15) is 5.82 Å². The van der Waals surface area contributed by atoms with Crippen LogP contribution in [0.5, 0.6) is 0 Å². The third-order valence-corrected chi connectivity index (χ3v) is 3.99. The summed E-state index contributed by atoms with van der Waals surface area (Å²) in [7, 11) is 1.73. The fourth-order valence-corrected chi connectivity index (χ4v) is 2.90. The highest BCUT2D eigenvalue weighted by molar-refractivity contribution is 5.49. The Balaban J connectivity index is 2.01. The van der Waals surface area contributed by atoms with Crippen molar-refractivity contribution in [1.82, 2.24) is 0 Å². The maximum Gasteiger partial charge on any atom is 0.130 e. The van der Waals surface area contributed by atoms with Gasteiger partial charge < -0.3 is 4.74 Å². The van der Waals surface area contributed by atoms with Gasteiger partial charge in [-0.05, 0) is 55.2 Å². The van der Waals surface area contributed by atoms with Crippen LogP contribution < -0.4 is 0 Å². The smallest absolute Gasteiger partial charge is 0.130 e. The predicted octanol–water partition coefficient (Wildman–Crippen LogP) is 4.69. The summed E-state index contributed by atoms with van der Waals surface area (Å²) in [5, 5.41) is 0. The Kier molecular flexibility index (Phi) is 5.08. The average molecular weight is 266 g/mol. The summed E-state index contributed by atoms with van der Waals surface area (Å²) >= 11 is 0. The third kappa shape index (κ3) is 3.63. The van der Waals surface area contributed by atoms with Gasteiger partial charge in [-0.1, -0.05) is 12.1 Å². The Bertz CT molecular complexity index is 434. The molecule has 0 saturated heterocycles. The monoisotopic (exact) mass is 266 g/mol. The molecule has 104 valence electrons. The van der Waals surface area contributed by atoms with Crippen molar-refractivity contribution in [2.24, 2.45) is 5.92 Å². The van der Waals surface area contributed by atoms with Crippen molar-refractivity contribution in [3.8, 4) is 0 Å². The van der Waals surface area contributed by atoms with Crippen molar-refractivity contribution in [1.29, 1.82) is 0 Å². The lowest BCUT2D eigenvalue weighted by atomic mass is 9.79. The number of halogens is 2. The number of hydrogen-bond donors (Lipinski definition) is 0. The van der Waals surface area contributed by atoms with Gasteiger partial charge in [-0.2, -0.15) is 0 Å². The molecule has 0 unspecified atom stereocenters. The van der Waals surface area contributed by atoms with Crippen LogP contribution >= 0.6 is 0 Å². The summed E-state index contributed by atoms with van der Waals surface area (Å²) in [5.41, 5.74) is 1.34. The zero-order chi connectivity index (χ0) is 13.7. The molecule has 3 heteroatoms. The third-order valence-electron chi connectivity index (χ3n) is 3.99. The van der Waals surface area contributed by atoms with Gasteiger partial charge in [-0.15, -0.1) is 0 Å². The Morgan fingerprint density at radius 3 is 2.58 bits per heavy atom. The van der Waals surface area contributed by atoms with Gasteiger partial charge in [0.05, 0.1) is 6.33 Å². The average Bonchev–Trinajstić information content (AvgIpc) is 2.43. The minimum Gasteiger partial charge on any atom is -0.384 e. The first-order chi connectivity index (χ1) is 9.24. The molecule has 1 aromatic rings. The van der Waals surface area contributed by atoms with E-state index in [0.717, 1.165) is 43.9 Å². The van der Waals surface area contributed by atoms with Crippen LogP contribution in [-0.4, -0.2) is 13.7 Å². The van der Waals surface area contributed by atoms with Gasteiger partial charge >= 0.3 is 0 Å². The summed E-state index contributed by atoms with van der Waals surface area (Å²) in [6, 6.07) is 5.12. The van der Waals surface area contributed by atoms with E-state index in [2.05, 4.69) is 0 Å². The summed E-state index contributed by atoms with van der Waals surface area (Å²) in [4.78, 5) is 0. The van der Waals surface area contributed by atoms with E-state index in [1.54, 1.807) is 19.2 Å². The van der Waals surface area contributed by atoms with Crippen LogP contribution in [0.2, 0.25) is 0 Å². The molecule has 0 N–H and O–H groups in total. The standard InChI is InChI=1S/C16H20F2O/c1-19-11-12-2-4-13(5-3-12)15-7-6-14(8-9-17)16(18)10-15/h6-10,12-13H,2-5,11H2,1H3. The summed E-state index contributed by atoms with van der Waals surface area (Å²) in [6.45, 7) is 0.821. The summed E-state index contributed by atoms with van der Waals surface area (Å²) < 4.78 is 31.0. The van der Waals surface area contributed by atoms with E-state index in [9.17, 15) is 8.78 Å². The number of ether oxygens (including phenoxy) is 1. The van der Waals surface area contributed by atoms with Gasteiger partial charge in [-0.3, -0.25) is 0 Å². The van der Waals surface area contributed by atoms with E-state index in [1.807, 2.05) is 6.07 Å². The lowest BCUT2D eigenvalue weighted by Gasteiger charge is -2.28. The molecule has 2 rings (SSSR count). The van der Waals surface area contributed by atoms with Gasteiger partial charge in [-0.25, -0.2) is 8.78 Å². The van der Waals surface area contributed by atoms with Crippen LogP contribution in [0.15, 0.2) is 24.5 Å². The maximum atomic E-state index is 13.8. The second-order valence-corrected chi connectivity index (χ2v) is 5.25. The maximum absolute atomic E-state index is 13.8. The molecule has 0 bridgehead atoms. The van der Waals surface area contributed by atoms with Crippen molar-refractivity contribution in [2.45, 2.75) is 31.6 Å². The van der Waals surface area contributed by atoms with Crippen LogP contribution in [0.4, 0.5) is 8.78 Å². The molecule has 1 nitrogen and oxygen atoms in total. The molecule has 1 saturated carbocycles. The normalized spacial score (nSPS) is 23.9. The first kappa shape index (κ1) is 14.2. The first-order valence-electron chi connectivity index (χ1n) is 6.79. The van der Waals surface area contributed by atoms with E-state index < -0.39 is 0 Å². The van der Waals surface area contributed by atoms with Gasteiger partial charge in [0.2, 0.25) is 0 Å². The van der Waals surface area contributed by atoms with Gasteiger partial charge in [0, 0.05) is 19.3 Å². The molecule has 1 aliphatic rings. The van der Waals surface area contributed by atoms with Crippen molar-refractivity contribution in [3.63, 3.8) is 0 Å². The van der Waals surface area contributed by atoms with Gasteiger partial charge in [0.25, 0.3) is 0 Å². The highest BCUT2D eigenvalue weighted by Crippen LogP contribution is 2.36. The van der Waals surface area contributed by atoms with Crippen molar-refractivity contribution in [2.75, 3.05) is 13.7 Å². The molecule has 0 atom stereocenters. The Morgan fingerprint density at radius 1 is 1.26 bits per heavy atom. The van der Waals surface area contributed by atoms with Crippen molar-refractivity contribution >= 4 is 6.08 Å². The quantitative estimate of drug-likeness (QED) is 0.768. The molecule has 0 spiro atoms. The van der Waals surface area contributed by atoms with Crippen LogP contribution in [0.1, 0.15) is 42.7 Å². The molecule has 0 aliphatic heterocycles. The molecule has 0 heterocycles. The molecule has 0 radical (unpaired) electrons. The molecule has 1 fully saturated rings. The number of benzene rings is 1. The van der Waals surface area contributed by atoms with Crippen molar-refractivity contribution in [3.05, 3.63) is 41.5 Å². The fraction of sp³-hybridized carbons (Fsp3) is 0.500. The summed E-state index contributed by atoms with van der Waals surface area (Å²) in [6.07, 6.45) is 5.93. The summed E-state index contributed by atoms with van der Waals surface area (Å²) in [5.74, 6) is 0.719. The first-order valence-corrected chi connectivity index (χ1v) is 6.79. The zero-order valence-corrected chi connectivity index (χ0v) is 11.2. The zero-order valence-electron chi connectivity index (χ0n) is 11.2. The van der Waals surface area contributed by atoms with Crippen LogP contribution in [0.25, 0.3) is 6.08 Å². The second-order valence-electron chi connectivity index (χ2n) is 5.25. The molecule has 19 heavy (non-hydrogen) atoms. The highest BCUT2D eigenvalue weighted by atomic mass is 19.1. The Labute approximate surface area is 113 Å². The number of hydrogen-bond acceptors (Lipinski definition) is 1. The molecular formula is C16H20F2O. The van der Waals surface area contributed by atoms with E-state index in [4.69, 9.17) is 4.74 Å². The topological polar surface area (TPSA) is 9.23 Å². The predicted molar refractivity (Wildman–Crippen MR) is 73.1 cm³/mol. The van der Waals surface area contributed by atoms with E-state index >= 15 is 0 Å². The minimum atomic E-state index is -0.342. The number of rotatable bonds is 4. The van der Waals surface area contributed by atoms with E-state index in [-0.39, 0.29) is 5.82 Å². The molecule has 0 aromatic heterocycles.